The fourth-order valence-corrected chi connectivity index (χ4v) is 2.12. The first-order valence-corrected chi connectivity index (χ1v) is 6.73. The third-order valence-corrected chi connectivity index (χ3v) is 3.25. The largest absolute Gasteiger partial charge is 0.465 e. The molecule has 2 rings (SSSR count). The number of hydrogen-bond acceptors (Lipinski definition) is 4. The number of esters is 1. The average Bonchev–Trinajstić information content (AvgIpc) is 2.53. The maximum absolute atomic E-state index is 12.6. The second kappa shape index (κ2) is 6.68. The van der Waals surface area contributed by atoms with Crippen LogP contribution in [-0.4, -0.2) is 25.1 Å². The van der Waals surface area contributed by atoms with Crippen molar-refractivity contribution < 1.29 is 22.7 Å². The van der Waals surface area contributed by atoms with E-state index in [2.05, 4.69) is 4.98 Å². The lowest BCUT2D eigenvalue weighted by Crippen LogP contribution is -2.21. The number of ether oxygens (including phenoxy) is 1. The van der Waals surface area contributed by atoms with E-state index >= 15 is 0 Å². The van der Waals surface area contributed by atoms with E-state index in [1.807, 2.05) is 0 Å². The topological polar surface area (TPSA) is 42.4 Å². The van der Waals surface area contributed by atoms with Crippen LogP contribution in [0.2, 0.25) is 0 Å². The molecule has 0 aliphatic rings. The lowest BCUT2D eigenvalue weighted by molar-refractivity contribution is -0.137. The number of alkyl halides is 3. The van der Waals surface area contributed by atoms with E-state index in [1.165, 1.54) is 25.4 Å². The molecule has 1 aromatic heterocycles. The zero-order valence-electron chi connectivity index (χ0n) is 12.6. The quantitative estimate of drug-likeness (QED) is 0.807. The number of nitrogens with zero attached hydrogens (tertiary/aromatic N) is 2. The van der Waals surface area contributed by atoms with Crippen molar-refractivity contribution in [2.45, 2.75) is 12.7 Å². The Hall–Kier alpha value is -2.57. The van der Waals surface area contributed by atoms with E-state index < -0.39 is 17.7 Å². The van der Waals surface area contributed by atoms with Gasteiger partial charge in [-0.25, -0.2) is 9.78 Å². The van der Waals surface area contributed by atoms with Crippen molar-refractivity contribution in [3.63, 3.8) is 0 Å². The van der Waals surface area contributed by atoms with Gasteiger partial charge in [0.1, 0.15) is 11.4 Å². The number of aromatic nitrogens is 1. The summed E-state index contributed by atoms with van der Waals surface area (Å²) < 4.78 is 42.4. The van der Waals surface area contributed by atoms with E-state index in [4.69, 9.17) is 4.74 Å². The van der Waals surface area contributed by atoms with E-state index in [0.717, 1.165) is 12.1 Å². The molecule has 0 amide bonds. The maximum Gasteiger partial charge on any atom is 0.416 e. The first kappa shape index (κ1) is 16.8. The summed E-state index contributed by atoms with van der Waals surface area (Å²) in [7, 11) is 2.97. The van der Waals surface area contributed by atoms with Crippen LogP contribution < -0.4 is 4.90 Å². The molecule has 4 nitrogen and oxygen atoms in total. The van der Waals surface area contributed by atoms with Crippen LogP contribution in [0.1, 0.15) is 21.5 Å². The third kappa shape index (κ3) is 4.00. The molecule has 7 heteroatoms. The highest BCUT2D eigenvalue weighted by molar-refractivity contribution is 5.94. The number of anilines is 1. The van der Waals surface area contributed by atoms with Gasteiger partial charge in [-0.2, -0.15) is 13.2 Å². The van der Waals surface area contributed by atoms with Crippen LogP contribution in [0.5, 0.6) is 0 Å². The maximum atomic E-state index is 12.6. The average molecular weight is 324 g/mol. The molecule has 23 heavy (non-hydrogen) atoms. The highest BCUT2D eigenvalue weighted by Crippen LogP contribution is 2.29. The summed E-state index contributed by atoms with van der Waals surface area (Å²) in [6, 6.07) is 8.06. The van der Waals surface area contributed by atoms with Gasteiger partial charge in [0.25, 0.3) is 0 Å². The Balaban J connectivity index is 2.20. The van der Waals surface area contributed by atoms with Crippen molar-refractivity contribution in [2.24, 2.45) is 0 Å². The predicted molar refractivity (Wildman–Crippen MR) is 79.1 cm³/mol. The van der Waals surface area contributed by atoms with Gasteiger partial charge in [-0.05, 0) is 29.8 Å². The summed E-state index contributed by atoms with van der Waals surface area (Å²) in [6.45, 7) is 0.305. The van der Waals surface area contributed by atoms with Crippen LogP contribution in [0, 0.1) is 0 Å². The second-order valence-corrected chi connectivity index (χ2v) is 4.92. The Labute approximate surface area is 131 Å². The van der Waals surface area contributed by atoms with Crippen molar-refractivity contribution in [1.29, 1.82) is 0 Å². The highest BCUT2D eigenvalue weighted by Gasteiger charge is 2.30. The molecule has 0 unspecified atom stereocenters. The molecular formula is C16H15F3N2O2. The molecule has 0 aliphatic heterocycles. The standard InChI is InChI=1S/C16H15F3N2O2/c1-21(14-13(15(22)23-2)4-3-9-20-14)10-11-5-7-12(8-6-11)16(17,18)19/h3-9H,10H2,1-2H3. The van der Waals surface area contributed by atoms with Gasteiger partial charge in [0.2, 0.25) is 0 Å². The molecule has 0 radical (unpaired) electrons. The summed E-state index contributed by atoms with van der Waals surface area (Å²) >= 11 is 0. The molecule has 0 fully saturated rings. The Morgan fingerprint density at radius 2 is 1.87 bits per heavy atom. The zero-order valence-corrected chi connectivity index (χ0v) is 12.6. The zero-order chi connectivity index (χ0) is 17.0. The molecule has 0 atom stereocenters. The number of halogens is 3. The summed E-state index contributed by atoms with van der Waals surface area (Å²) in [5.74, 6) is -0.119. The fourth-order valence-electron chi connectivity index (χ4n) is 2.12. The Bertz CT molecular complexity index is 684. The molecule has 0 spiro atoms. The van der Waals surface area contributed by atoms with E-state index in [1.54, 1.807) is 24.1 Å². The first-order valence-electron chi connectivity index (χ1n) is 6.73. The van der Waals surface area contributed by atoms with E-state index in [0.29, 0.717) is 23.5 Å². The van der Waals surface area contributed by atoms with Crippen LogP contribution in [0.25, 0.3) is 0 Å². The number of benzene rings is 1. The van der Waals surface area contributed by atoms with Gasteiger partial charge in [0, 0.05) is 19.8 Å². The van der Waals surface area contributed by atoms with Crippen LogP contribution in [0.4, 0.5) is 19.0 Å². The van der Waals surface area contributed by atoms with Gasteiger partial charge in [0.15, 0.2) is 0 Å². The Morgan fingerprint density at radius 1 is 1.22 bits per heavy atom. The molecule has 0 aliphatic carbocycles. The third-order valence-electron chi connectivity index (χ3n) is 3.25. The van der Waals surface area contributed by atoms with Crippen molar-refractivity contribution in [3.8, 4) is 0 Å². The number of rotatable bonds is 4. The smallest absolute Gasteiger partial charge is 0.416 e. The van der Waals surface area contributed by atoms with E-state index in [9.17, 15) is 18.0 Å². The summed E-state index contributed by atoms with van der Waals surface area (Å²) in [5, 5.41) is 0. The highest BCUT2D eigenvalue weighted by atomic mass is 19.4. The van der Waals surface area contributed by atoms with Crippen molar-refractivity contribution in [3.05, 3.63) is 59.3 Å². The molecule has 1 heterocycles. The molecule has 0 N–H and O–H groups in total. The predicted octanol–water partition coefficient (Wildman–Crippen LogP) is 3.52. The molecule has 2 aromatic rings. The lowest BCUT2D eigenvalue weighted by atomic mass is 10.1. The number of carbonyl (C=O) groups is 1. The van der Waals surface area contributed by atoms with Crippen molar-refractivity contribution >= 4 is 11.8 Å². The lowest BCUT2D eigenvalue weighted by Gasteiger charge is -2.20. The minimum absolute atomic E-state index is 0.296. The summed E-state index contributed by atoms with van der Waals surface area (Å²) in [6.07, 6.45) is -2.82. The van der Waals surface area contributed by atoms with Gasteiger partial charge in [-0.3, -0.25) is 0 Å². The number of hydrogen-bond donors (Lipinski definition) is 0. The molecule has 0 bridgehead atoms. The normalized spacial score (nSPS) is 11.2. The fraction of sp³-hybridized carbons (Fsp3) is 0.250. The molecule has 0 saturated heterocycles. The van der Waals surface area contributed by atoms with Gasteiger partial charge < -0.3 is 9.64 Å². The van der Waals surface area contributed by atoms with Crippen molar-refractivity contribution in [1.82, 2.24) is 4.98 Å². The number of methoxy groups -OCH3 is 1. The molecule has 0 saturated carbocycles. The van der Waals surface area contributed by atoms with E-state index in [-0.39, 0.29) is 0 Å². The van der Waals surface area contributed by atoms with Crippen LogP contribution in [0.15, 0.2) is 42.6 Å². The van der Waals surface area contributed by atoms with Crippen LogP contribution in [0.3, 0.4) is 0 Å². The minimum atomic E-state index is -4.36. The summed E-state index contributed by atoms with van der Waals surface area (Å²) in [5.41, 5.74) is 0.267. The van der Waals surface area contributed by atoms with Gasteiger partial charge in [-0.1, -0.05) is 12.1 Å². The van der Waals surface area contributed by atoms with Gasteiger partial charge in [-0.15, -0.1) is 0 Å². The first-order chi connectivity index (χ1) is 10.8. The Kier molecular flexibility index (Phi) is 4.88. The number of carbonyl (C=O) groups excluding carboxylic acids is 1. The molecule has 1 aromatic carbocycles. The SMILES string of the molecule is COC(=O)c1cccnc1N(C)Cc1ccc(C(F)(F)F)cc1. The number of pyridine rings is 1. The van der Waals surface area contributed by atoms with Crippen LogP contribution >= 0.6 is 0 Å². The Morgan fingerprint density at radius 3 is 2.43 bits per heavy atom. The van der Waals surface area contributed by atoms with Gasteiger partial charge >= 0.3 is 12.1 Å². The minimum Gasteiger partial charge on any atom is -0.465 e. The van der Waals surface area contributed by atoms with Crippen molar-refractivity contribution in [2.75, 3.05) is 19.1 Å². The second-order valence-electron chi connectivity index (χ2n) is 4.92. The monoisotopic (exact) mass is 324 g/mol. The molecular weight excluding hydrogens is 309 g/mol. The van der Waals surface area contributed by atoms with Gasteiger partial charge in [0.05, 0.1) is 12.7 Å². The van der Waals surface area contributed by atoms with Crippen LogP contribution in [-0.2, 0) is 17.5 Å². The molecule has 122 valence electrons. The summed E-state index contributed by atoms with van der Waals surface area (Å²) in [4.78, 5) is 17.6.